The van der Waals surface area contributed by atoms with Crippen molar-refractivity contribution < 1.29 is 9.90 Å². The van der Waals surface area contributed by atoms with Crippen molar-refractivity contribution in [2.75, 3.05) is 11.9 Å². The second-order valence-corrected chi connectivity index (χ2v) is 7.64. The maximum Gasteiger partial charge on any atom is 0.259 e. The fourth-order valence-electron chi connectivity index (χ4n) is 2.56. The van der Waals surface area contributed by atoms with Gasteiger partial charge in [-0.1, -0.05) is 62.2 Å². The van der Waals surface area contributed by atoms with Crippen LogP contribution in [-0.4, -0.2) is 23.8 Å². The third-order valence-electron chi connectivity index (χ3n) is 4.06. The number of rotatable bonds is 5. The minimum atomic E-state index is -0.293. The van der Waals surface area contributed by atoms with E-state index in [0.29, 0.717) is 5.56 Å². The van der Waals surface area contributed by atoms with Crippen LogP contribution in [0.5, 0.6) is 5.75 Å². The minimum absolute atomic E-state index is 0.0702. The topological polar surface area (TPSA) is 73.7 Å². The summed E-state index contributed by atoms with van der Waals surface area (Å²) < 4.78 is 1.90. The van der Waals surface area contributed by atoms with Crippen molar-refractivity contribution in [3.63, 3.8) is 0 Å². The Morgan fingerprint density at radius 1 is 1.15 bits per heavy atom. The lowest BCUT2D eigenvalue weighted by Gasteiger charge is -2.09. The Morgan fingerprint density at radius 2 is 1.85 bits per heavy atom. The number of aromatic hydroxyl groups is 1. The third-order valence-corrected chi connectivity index (χ3v) is 5.71. The van der Waals surface area contributed by atoms with Crippen LogP contribution < -0.4 is 10.7 Å². The van der Waals surface area contributed by atoms with E-state index in [0.717, 1.165) is 31.0 Å². The summed E-state index contributed by atoms with van der Waals surface area (Å²) in [6.07, 6.45) is 1.45. The van der Waals surface area contributed by atoms with Gasteiger partial charge in [-0.05, 0) is 41.5 Å². The quantitative estimate of drug-likeness (QED) is 0.350. The minimum Gasteiger partial charge on any atom is -0.507 e. The molecule has 0 heterocycles. The molecule has 0 saturated carbocycles. The van der Waals surface area contributed by atoms with Gasteiger partial charge in [0.25, 0.3) is 5.91 Å². The maximum atomic E-state index is 12.0. The highest BCUT2D eigenvalue weighted by Gasteiger charge is 2.06. The summed E-state index contributed by atoms with van der Waals surface area (Å²) in [6, 6.07) is 14.9. The number of carbonyl (C=O) groups excluding carboxylic acids is 1. The Balaban J connectivity index is 1.64. The first-order valence-electron chi connectivity index (χ1n) is 8.18. The number of benzene rings is 3. The number of carbonyl (C=O) groups is 1. The van der Waals surface area contributed by atoms with Gasteiger partial charge in [0, 0.05) is 20.2 Å². The number of halogens is 2. The summed E-state index contributed by atoms with van der Waals surface area (Å²) in [5, 5.41) is 18.9. The zero-order chi connectivity index (χ0) is 19.4. The Morgan fingerprint density at radius 3 is 2.59 bits per heavy atom. The van der Waals surface area contributed by atoms with E-state index in [1.807, 2.05) is 49.4 Å². The predicted octanol–water partition coefficient (Wildman–Crippen LogP) is 4.94. The standard InChI is InChI=1S/C20H17Br2N3O2/c1-12-17(21)8-14(9-18(12)22)23-11-20(27)25-24-10-16-15-5-3-2-4-13(15)6-7-19(16)26/h2-10,23,26H,11H2,1H3,(H,25,27). The highest BCUT2D eigenvalue weighted by Crippen LogP contribution is 2.28. The smallest absolute Gasteiger partial charge is 0.259 e. The molecule has 27 heavy (non-hydrogen) atoms. The van der Waals surface area contributed by atoms with E-state index >= 15 is 0 Å². The number of amides is 1. The molecule has 0 aromatic heterocycles. The molecule has 0 spiro atoms. The molecule has 5 nitrogen and oxygen atoms in total. The Bertz CT molecular complexity index is 1010. The monoisotopic (exact) mass is 489 g/mol. The lowest BCUT2D eigenvalue weighted by atomic mass is 10.0. The van der Waals surface area contributed by atoms with Gasteiger partial charge in [-0.3, -0.25) is 4.79 Å². The van der Waals surface area contributed by atoms with E-state index in [9.17, 15) is 9.90 Å². The summed E-state index contributed by atoms with van der Waals surface area (Å²) in [7, 11) is 0. The molecule has 3 N–H and O–H groups in total. The van der Waals surface area contributed by atoms with Crippen LogP contribution in [-0.2, 0) is 4.79 Å². The van der Waals surface area contributed by atoms with Gasteiger partial charge in [-0.25, -0.2) is 5.43 Å². The predicted molar refractivity (Wildman–Crippen MR) is 116 cm³/mol. The van der Waals surface area contributed by atoms with Gasteiger partial charge in [0.1, 0.15) is 5.75 Å². The second-order valence-electron chi connectivity index (χ2n) is 5.93. The molecule has 1 amide bonds. The molecule has 0 aliphatic rings. The summed E-state index contributed by atoms with van der Waals surface area (Å²) in [6.45, 7) is 2.06. The molecule has 0 atom stereocenters. The van der Waals surface area contributed by atoms with Gasteiger partial charge < -0.3 is 10.4 Å². The number of hydrazone groups is 1. The highest BCUT2D eigenvalue weighted by molar-refractivity contribution is 9.11. The van der Waals surface area contributed by atoms with Crippen molar-refractivity contribution in [1.82, 2.24) is 5.43 Å². The van der Waals surface area contributed by atoms with Crippen molar-refractivity contribution in [3.8, 4) is 5.75 Å². The zero-order valence-corrected chi connectivity index (χ0v) is 17.6. The average Bonchev–Trinajstić information content (AvgIpc) is 2.66. The molecule has 0 radical (unpaired) electrons. The van der Waals surface area contributed by atoms with Crippen LogP contribution >= 0.6 is 31.9 Å². The lowest BCUT2D eigenvalue weighted by molar-refractivity contribution is -0.119. The van der Waals surface area contributed by atoms with Crippen LogP contribution in [0.1, 0.15) is 11.1 Å². The van der Waals surface area contributed by atoms with Crippen molar-refractivity contribution in [1.29, 1.82) is 0 Å². The van der Waals surface area contributed by atoms with Crippen molar-refractivity contribution >= 4 is 60.4 Å². The maximum absolute atomic E-state index is 12.0. The molecule has 0 aliphatic carbocycles. The van der Waals surface area contributed by atoms with Crippen molar-refractivity contribution in [3.05, 3.63) is 68.6 Å². The first-order valence-corrected chi connectivity index (χ1v) is 9.76. The molecule has 0 unspecified atom stereocenters. The van der Waals surface area contributed by atoms with E-state index in [1.54, 1.807) is 6.07 Å². The van der Waals surface area contributed by atoms with Gasteiger partial charge in [0.2, 0.25) is 0 Å². The third kappa shape index (κ3) is 4.67. The van der Waals surface area contributed by atoms with E-state index in [2.05, 4.69) is 47.7 Å². The van der Waals surface area contributed by atoms with Crippen LogP contribution in [0.4, 0.5) is 5.69 Å². The number of anilines is 1. The first-order chi connectivity index (χ1) is 13.0. The molecule has 3 aromatic rings. The van der Waals surface area contributed by atoms with Crippen LogP contribution in [0.25, 0.3) is 10.8 Å². The van der Waals surface area contributed by atoms with Gasteiger partial charge in [0.15, 0.2) is 0 Å². The highest BCUT2D eigenvalue weighted by atomic mass is 79.9. The van der Waals surface area contributed by atoms with Crippen molar-refractivity contribution in [2.45, 2.75) is 6.92 Å². The van der Waals surface area contributed by atoms with E-state index < -0.39 is 0 Å². The molecule has 3 rings (SSSR count). The van der Waals surface area contributed by atoms with Gasteiger partial charge in [-0.2, -0.15) is 5.10 Å². The number of hydrogen-bond donors (Lipinski definition) is 3. The number of phenols is 1. The Labute approximate surface area is 173 Å². The van der Waals surface area contributed by atoms with E-state index in [1.165, 1.54) is 6.21 Å². The molecule has 0 saturated heterocycles. The molecule has 0 bridgehead atoms. The SMILES string of the molecule is Cc1c(Br)cc(NCC(=O)NN=Cc2c(O)ccc3ccccc23)cc1Br. The lowest BCUT2D eigenvalue weighted by Crippen LogP contribution is -2.25. The average molecular weight is 491 g/mol. The van der Waals surface area contributed by atoms with Gasteiger partial charge in [-0.15, -0.1) is 0 Å². The van der Waals surface area contributed by atoms with E-state index in [-0.39, 0.29) is 18.2 Å². The number of nitrogens with zero attached hydrogens (tertiary/aromatic N) is 1. The second kappa shape index (κ2) is 8.54. The van der Waals surface area contributed by atoms with Crippen molar-refractivity contribution in [2.24, 2.45) is 5.10 Å². The summed E-state index contributed by atoms with van der Waals surface area (Å²) in [4.78, 5) is 12.0. The van der Waals surface area contributed by atoms with Gasteiger partial charge in [0.05, 0.1) is 12.8 Å². The Hall–Kier alpha value is -2.38. The first kappa shape index (κ1) is 19.4. The van der Waals surface area contributed by atoms with E-state index in [4.69, 9.17) is 0 Å². The van der Waals surface area contributed by atoms with Crippen LogP contribution in [0.3, 0.4) is 0 Å². The number of hydrogen-bond acceptors (Lipinski definition) is 4. The Kier molecular flexibility index (Phi) is 6.13. The molecule has 138 valence electrons. The van der Waals surface area contributed by atoms with Crippen LogP contribution in [0, 0.1) is 6.92 Å². The molecule has 3 aromatic carbocycles. The normalized spacial score (nSPS) is 11.1. The molecular formula is C20H17Br2N3O2. The largest absolute Gasteiger partial charge is 0.507 e. The number of phenolic OH excluding ortho intramolecular Hbond substituents is 1. The molecule has 0 fully saturated rings. The fraction of sp³-hybridized carbons (Fsp3) is 0.100. The number of nitrogens with one attached hydrogen (secondary N) is 2. The van der Waals surface area contributed by atoms with Gasteiger partial charge >= 0.3 is 0 Å². The molecular weight excluding hydrogens is 474 g/mol. The summed E-state index contributed by atoms with van der Waals surface area (Å²) >= 11 is 6.96. The van der Waals surface area contributed by atoms with Crippen LogP contribution in [0.15, 0.2) is 62.6 Å². The zero-order valence-electron chi connectivity index (χ0n) is 14.5. The van der Waals surface area contributed by atoms with Crippen LogP contribution in [0.2, 0.25) is 0 Å². The summed E-state index contributed by atoms with van der Waals surface area (Å²) in [5.74, 6) is -0.182. The fourth-order valence-corrected chi connectivity index (χ4v) is 3.74. The molecule has 7 heteroatoms. The number of fused-ring (bicyclic) bond motifs is 1. The molecule has 0 aliphatic heterocycles. The summed E-state index contributed by atoms with van der Waals surface area (Å²) in [5.41, 5.74) is 4.93.